The number of nitrogens with one attached hydrogen (secondary N) is 1. The summed E-state index contributed by atoms with van der Waals surface area (Å²) >= 11 is 0. The van der Waals surface area contributed by atoms with Crippen molar-refractivity contribution < 1.29 is 4.79 Å². The number of benzene rings is 1. The van der Waals surface area contributed by atoms with Gasteiger partial charge >= 0.3 is 0 Å². The Morgan fingerprint density at radius 3 is 2.16 bits per heavy atom. The molecule has 0 radical (unpaired) electrons. The zero-order chi connectivity index (χ0) is 16.5. The van der Waals surface area contributed by atoms with Gasteiger partial charge in [0.15, 0.2) is 0 Å². The van der Waals surface area contributed by atoms with E-state index in [1.165, 1.54) is 50.5 Å². The predicted octanol–water partition coefficient (Wildman–Crippen LogP) is 4.51. The van der Waals surface area contributed by atoms with Crippen LogP contribution in [0.5, 0.6) is 0 Å². The SMILES string of the molecule is CN(C(=O)c1ccc(C2CCCCC2)cc1)C1CC2CCC(C1)N2.Cl. The molecule has 3 fully saturated rings. The molecule has 1 N–H and O–H groups in total. The summed E-state index contributed by atoms with van der Waals surface area (Å²) in [5.41, 5.74) is 2.27. The second kappa shape index (κ2) is 8.09. The summed E-state index contributed by atoms with van der Waals surface area (Å²) in [5, 5.41) is 3.66. The summed E-state index contributed by atoms with van der Waals surface area (Å²) in [6, 6.07) is 10.1. The van der Waals surface area contributed by atoms with Crippen LogP contribution in [0.1, 0.15) is 79.6 Å². The van der Waals surface area contributed by atoms with Crippen molar-refractivity contribution in [2.45, 2.75) is 81.8 Å². The summed E-state index contributed by atoms with van der Waals surface area (Å²) in [6.45, 7) is 0. The smallest absolute Gasteiger partial charge is 0.253 e. The predicted molar refractivity (Wildman–Crippen MR) is 105 cm³/mol. The van der Waals surface area contributed by atoms with Crippen molar-refractivity contribution in [1.29, 1.82) is 0 Å². The maximum Gasteiger partial charge on any atom is 0.253 e. The van der Waals surface area contributed by atoms with Gasteiger partial charge in [0.25, 0.3) is 5.91 Å². The highest BCUT2D eigenvalue weighted by molar-refractivity contribution is 5.94. The number of halogens is 1. The third-order valence-corrected chi connectivity index (χ3v) is 6.55. The molecule has 0 aromatic heterocycles. The van der Waals surface area contributed by atoms with E-state index in [0.717, 1.165) is 18.4 Å². The van der Waals surface area contributed by atoms with Crippen LogP contribution in [0.15, 0.2) is 24.3 Å². The molecule has 2 atom stereocenters. The summed E-state index contributed by atoms with van der Waals surface area (Å²) in [5.74, 6) is 0.900. The molecule has 1 saturated carbocycles. The minimum absolute atomic E-state index is 0. The molecule has 2 aliphatic heterocycles. The molecule has 3 aliphatic rings. The molecular formula is C21H31ClN2O. The molecule has 2 heterocycles. The van der Waals surface area contributed by atoms with E-state index in [1.54, 1.807) is 0 Å². The van der Waals surface area contributed by atoms with Crippen LogP contribution in [0.2, 0.25) is 0 Å². The van der Waals surface area contributed by atoms with E-state index in [1.807, 2.05) is 11.9 Å². The highest BCUT2D eigenvalue weighted by Gasteiger charge is 2.36. The monoisotopic (exact) mass is 362 g/mol. The van der Waals surface area contributed by atoms with Crippen molar-refractivity contribution in [3.05, 3.63) is 35.4 Å². The Morgan fingerprint density at radius 1 is 0.960 bits per heavy atom. The van der Waals surface area contributed by atoms with E-state index in [9.17, 15) is 4.79 Å². The maximum atomic E-state index is 12.9. The zero-order valence-corrected chi connectivity index (χ0v) is 16.1. The first-order valence-corrected chi connectivity index (χ1v) is 9.84. The molecule has 2 bridgehead atoms. The lowest BCUT2D eigenvalue weighted by molar-refractivity contribution is 0.0681. The van der Waals surface area contributed by atoms with Crippen LogP contribution in [0.25, 0.3) is 0 Å². The average Bonchev–Trinajstić information content (AvgIpc) is 2.99. The molecule has 25 heavy (non-hydrogen) atoms. The third-order valence-electron chi connectivity index (χ3n) is 6.55. The van der Waals surface area contributed by atoms with Crippen molar-refractivity contribution in [3.63, 3.8) is 0 Å². The van der Waals surface area contributed by atoms with Crippen LogP contribution in [0.4, 0.5) is 0 Å². The molecule has 1 aromatic rings. The topological polar surface area (TPSA) is 32.3 Å². The molecule has 1 aliphatic carbocycles. The number of rotatable bonds is 3. The number of fused-ring (bicyclic) bond motifs is 2. The van der Waals surface area contributed by atoms with E-state index >= 15 is 0 Å². The van der Waals surface area contributed by atoms with Crippen molar-refractivity contribution in [2.24, 2.45) is 0 Å². The van der Waals surface area contributed by atoms with Crippen LogP contribution < -0.4 is 5.32 Å². The lowest BCUT2D eigenvalue weighted by atomic mass is 9.84. The van der Waals surface area contributed by atoms with Gasteiger partial charge in [-0.15, -0.1) is 12.4 Å². The van der Waals surface area contributed by atoms with Crippen LogP contribution in [-0.4, -0.2) is 36.0 Å². The number of carbonyl (C=O) groups excluding carboxylic acids is 1. The van der Waals surface area contributed by atoms with Gasteiger partial charge < -0.3 is 10.2 Å². The van der Waals surface area contributed by atoms with Crippen molar-refractivity contribution in [2.75, 3.05) is 7.05 Å². The number of hydrogen-bond acceptors (Lipinski definition) is 2. The third kappa shape index (κ3) is 4.03. The number of amides is 1. The number of piperidine rings is 1. The Kier molecular flexibility index (Phi) is 6.06. The molecular weight excluding hydrogens is 332 g/mol. The highest BCUT2D eigenvalue weighted by atomic mass is 35.5. The molecule has 4 heteroatoms. The van der Waals surface area contributed by atoms with Gasteiger partial charge in [0.2, 0.25) is 0 Å². The Balaban J connectivity index is 0.00000182. The minimum atomic E-state index is 0. The lowest BCUT2D eigenvalue weighted by Gasteiger charge is -2.35. The number of nitrogens with zero attached hydrogens (tertiary/aromatic N) is 1. The molecule has 2 saturated heterocycles. The van der Waals surface area contributed by atoms with Gasteiger partial charge in [0.05, 0.1) is 0 Å². The van der Waals surface area contributed by atoms with Crippen LogP contribution in [-0.2, 0) is 0 Å². The maximum absolute atomic E-state index is 12.9. The van der Waals surface area contributed by atoms with Crippen molar-refractivity contribution >= 4 is 18.3 Å². The van der Waals surface area contributed by atoms with Gasteiger partial charge in [0.1, 0.15) is 0 Å². The van der Waals surface area contributed by atoms with E-state index in [2.05, 4.69) is 29.6 Å². The summed E-state index contributed by atoms with van der Waals surface area (Å²) < 4.78 is 0. The summed E-state index contributed by atoms with van der Waals surface area (Å²) in [4.78, 5) is 14.9. The summed E-state index contributed by atoms with van der Waals surface area (Å²) in [6.07, 6.45) is 11.5. The standard InChI is InChI=1S/C21H30N2O.ClH/c1-23(20-13-18-11-12-19(14-20)22-18)21(24)17-9-7-16(8-10-17)15-5-3-2-4-6-15;/h7-10,15,18-20,22H,2-6,11-14H2,1H3;1H. The Labute approximate surface area is 158 Å². The average molecular weight is 363 g/mol. The first-order chi connectivity index (χ1) is 11.7. The summed E-state index contributed by atoms with van der Waals surface area (Å²) in [7, 11) is 1.99. The van der Waals surface area contributed by atoms with Gasteiger partial charge in [0, 0.05) is 30.7 Å². The van der Waals surface area contributed by atoms with Crippen molar-refractivity contribution in [3.8, 4) is 0 Å². The Hall–Kier alpha value is -1.06. The van der Waals surface area contributed by atoms with E-state index in [0.29, 0.717) is 24.0 Å². The molecule has 1 amide bonds. The van der Waals surface area contributed by atoms with Gasteiger partial charge in [-0.3, -0.25) is 4.79 Å². The van der Waals surface area contributed by atoms with Crippen LogP contribution >= 0.6 is 12.4 Å². The first-order valence-electron chi connectivity index (χ1n) is 9.84. The molecule has 0 spiro atoms. The number of carbonyl (C=O) groups is 1. The number of hydrogen-bond donors (Lipinski definition) is 1. The zero-order valence-electron chi connectivity index (χ0n) is 15.2. The second-order valence-corrected chi connectivity index (χ2v) is 8.14. The Morgan fingerprint density at radius 2 is 1.56 bits per heavy atom. The fourth-order valence-corrected chi connectivity index (χ4v) is 5.05. The van der Waals surface area contributed by atoms with E-state index in [-0.39, 0.29) is 18.3 Å². The fraction of sp³-hybridized carbons (Fsp3) is 0.667. The highest BCUT2D eigenvalue weighted by Crippen LogP contribution is 2.33. The molecule has 1 aromatic carbocycles. The van der Waals surface area contributed by atoms with Gasteiger partial charge in [-0.25, -0.2) is 0 Å². The van der Waals surface area contributed by atoms with E-state index < -0.39 is 0 Å². The van der Waals surface area contributed by atoms with E-state index in [4.69, 9.17) is 0 Å². The quantitative estimate of drug-likeness (QED) is 0.857. The minimum Gasteiger partial charge on any atom is -0.339 e. The van der Waals surface area contributed by atoms with Gasteiger partial charge in [-0.05, 0) is 62.1 Å². The largest absolute Gasteiger partial charge is 0.339 e. The second-order valence-electron chi connectivity index (χ2n) is 8.14. The molecule has 4 rings (SSSR count). The van der Waals surface area contributed by atoms with Crippen molar-refractivity contribution in [1.82, 2.24) is 10.2 Å². The molecule has 3 nitrogen and oxygen atoms in total. The lowest BCUT2D eigenvalue weighted by Crippen LogP contribution is -2.48. The molecule has 138 valence electrons. The van der Waals surface area contributed by atoms with Gasteiger partial charge in [-0.1, -0.05) is 31.4 Å². The van der Waals surface area contributed by atoms with Crippen LogP contribution in [0.3, 0.4) is 0 Å². The fourth-order valence-electron chi connectivity index (χ4n) is 5.05. The molecule has 2 unspecified atom stereocenters. The normalized spacial score (nSPS) is 29.1. The van der Waals surface area contributed by atoms with Gasteiger partial charge in [-0.2, -0.15) is 0 Å². The van der Waals surface area contributed by atoms with Crippen LogP contribution in [0, 0.1) is 0 Å². The Bertz CT molecular complexity index is 570. The first kappa shape index (κ1) is 18.7.